The first kappa shape index (κ1) is 19.3. The molecule has 0 spiro atoms. The summed E-state index contributed by atoms with van der Waals surface area (Å²) >= 11 is 1.56. The highest BCUT2D eigenvalue weighted by molar-refractivity contribution is 7.13. The van der Waals surface area contributed by atoms with E-state index in [2.05, 4.69) is 36.3 Å². The molecule has 1 atom stereocenters. The number of thiophene rings is 1. The molecule has 1 aromatic carbocycles. The molecule has 2 heterocycles. The Morgan fingerprint density at radius 3 is 2.56 bits per heavy atom. The Morgan fingerprint density at radius 2 is 1.93 bits per heavy atom. The Hall–Kier alpha value is -2.44. The van der Waals surface area contributed by atoms with Gasteiger partial charge < -0.3 is 15.5 Å². The zero-order valence-corrected chi connectivity index (χ0v) is 16.7. The lowest BCUT2D eigenvalue weighted by atomic mass is 9.99. The molecular weight excluding hydrogens is 358 g/mol. The second-order valence-corrected chi connectivity index (χ2v) is 7.86. The monoisotopic (exact) mass is 383 g/mol. The van der Waals surface area contributed by atoms with Crippen molar-refractivity contribution in [2.75, 3.05) is 6.54 Å². The fourth-order valence-corrected chi connectivity index (χ4v) is 3.43. The first-order valence-corrected chi connectivity index (χ1v) is 9.94. The number of carbonyl (C=O) groups excluding carboxylic acids is 1. The van der Waals surface area contributed by atoms with Gasteiger partial charge >= 0.3 is 0 Å². The third-order valence-corrected chi connectivity index (χ3v) is 5.36. The molecule has 0 aliphatic heterocycles. The third-order valence-electron chi connectivity index (χ3n) is 4.50. The lowest BCUT2D eigenvalue weighted by Crippen LogP contribution is -2.33. The molecule has 1 amide bonds. The maximum absolute atomic E-state index is 12.3. The van der Waals surface area contributed by atoms with E-state index in [0.29, 0.717) is 29.8 Å². The van der Waals surface area contributed by atoms with E-state index >= 15 is 0 Å². The first-order chi connectivity index (χ1) is 12.9. The molecule has 142 valence electrons. The second-order valence-electron chi connectivity index (χ2n) is 6.91. The van der Waals surface area contributed by atoms with Crippen LogP contribution in [0.2, 0.25) is 0 Å². The fraction of sp³-hybridized carbons (Fsp3) is 0.333. The van der Waals surface area contributed by atoms with E-state index in [1.165, 1.54) is 5.56 Å². The van der Waals surface area contributed by atoms with Gasteiger partial charge in [0.1, 0.15) is 5.76 Å². The highest BCUT2D eigenvalue weighted by atomic mass is 32.1. The summed E-state index contributed by atoms with van der Waals surface area (Å²) < 4.78 is 5.68. The fourth-order valence-electron chi connectivity index (χ4n) is 2.78. The summed E-state index contributed by atoms with van der Waals surface area (Å²) in [6.45, 7) is 6.53. The van der Waals surface area contributed by atoms with Crippen molar-refractivity contribution in [3.05, 3.63) is 64.4 Å². The van der Waals surface area contributed by atoms with E-state index < -0.39 is 0 Å². The van der Waals surface area contributed by atoms with E-state index in [1.54, 1.807) is 11.3 Å². The van der Waals surface area contributed by atoms with E-state index in [-0.39, 0.29) is 18.4 Å². The zero-order chi connectivity index (χ0) is 19.4. The number of benzene rings is 1. The molecule has 0 fully saturated rings. The van der Waals surface area contributed by atoms with Gasteiger partial charge in [0.15, 0.2) is 0 Å². The number of nitrogens with one attached hydrogen (secondary N) is 1. The van der Waals surface area contributed by atoms with Crippen LogP contribution < -0.4 is 11.1 Å². The van der Waals surface area contributed by atoms with Crippen LogP contribution in [0.1, 0.15) is 48.4 Å². The molecule has 3 rings (SSSR count). The van der Waals surface area contributed by atoms with Crippen LogP contribution in [-0.4, -0.2) is 17.4 Å². The highest BCUT2D eigenvalue weighted by Crippen LogP contribution is 2.26. The lowest BCUT2D eigenvalue weighted by molar-refractivity contribution is -0.120. The summed E-state index contributed by atoms with van der Waals surface area (Å²) in [6.07, 6.45) is 0.180. The summed E-state index contributed by atoms with van der Waals surface area (Å²) in [5.41, 5.74) is 9.16. The smallest absolute Gasteiger partial charge is 0.236 e. The van der Waals surface area contributed by atoms with E-state index in [4.69, 9.17) is 10.2 Å². The number of nitrogens with two attached hydrogens (primary N) is 1. The molecule has 2 aromatic heterocycles. The number of hydrogen-bond acceptors (Lipinski definition) is 5. The van der Waals surface area contributed by atoms with E-state index in [1.807, 2.05) is 36.6 Å². The van der Waals surface area contributed by atoms with Crippen LogP contribution in [0.5, 0.6) is 0 Å². The minimum absolute atomic E-state index is 0.113. The van der Waals surface area contributed by atoms with Crippen molar-refractivity contribution in [1.29, 1.82) is 0 Å². The molecule has 0 bridgehead atoms. The van der Waals surface area contributed by atoms with Crippen LogP contribution >= 0.6 is 11.3 Å². The van der Waals surface area contributed by atoms with Gasteiger partial charge in [-0.25, -0.2) is 4.98 Å². The van der Waals surface area contributed by atoms with Gasteiger partial charge in [-0.15, -0.1) is 11.3 Å². The molecule has 6 heteroatoms. The summed E-state index contributed by atoms with van der Waals surface area (Å²) in [6, 6.07) is 11.9. The van der Waals surface area contributed by atoms with Crippen molar-refractivity contribution in [3.8, 4) is 10.8 Å². The molecule has 0 saturated heterocycles. The minimum Gasteiger partial charge on any atom is -0.440 e. The average molecular weight is 384 g/mol. The second kappa shape index (κ2) is 8.50. The molecule has 0 aliphatic carbocycles. The normalized spacial score (nSPS) is 12.3. The van der Waals surface area contributed by atoms with Crippen LogP contribution in [0.15, 0.2) is 46.2 Å². The molecule has 0 saturated carbocycles. The van der Waals surface area contributed by atoms with Gasteiger partial charge in [0, 0.05) is 12.6 Å². The highest BCUT2D eigenvalue weighted by Gasteiger charge is 2.16. The summed E-state index contributed by atoms with van der Waals surface area (Å²) in [5, 5.41) is 4.86. The third kappa shape index (κ3) is 4.84. The SMILES string of the molecule is Cc1oc(-c2cccs2)nc1CC(=O)NCC(N)c1ccc(C(C)C)cc1. The minimum atomic E-state index is -0.241. The van der Waals surface area contributed by atoms with Crippen LogP contribution in [0.3, 0.4) is 0 Å². The van der Waals surface area contributed by atoms with Gasteiger partial charge in [0.05, 0.1) is 17.0 Å². The number of hydrogen-bond donors (Lipinski definition) is 2. The molecular formula is C21H25N3O2S. The van der Waals surface area contributed by atoms with Crippen LogP contribution in [-0.2, 0) is 11.2 Å². The average Bonchev–Trinajstić information content (AvgIpc) is 3.30. The van der Waals surface area contributed by atoms with Gasteiger partial charge in [-0.1, -0.05) is 44.2 Å². The number of nitrogens with zero attached hydrogens (tertiary/aromatic N) is 1. The van der Waals surface area contributed by atoms with Crippen molar-refractivity contribution in [2.45, 2.75) is 39.2 Å². The molecule has 3 aromatic rings. The molecule has 0 radical (unpaired) electrons. The quantitative estimate of drug-likeness (QED) is 0.641. The standard InChI is InChI=1S/C21H25N3O2S/c1-13(2)15-6-8-16(9-7-15)17(22)12-23-20(25)11-18-14(3)26-21(24-18)19-5-4-10-27-19/h4-10,13,17H,11-12,22H2,1-3H3,(H,23,25). The van der Waals surface area contributed by atoms with Gasteiger partial charge in [-0.3, -0.25) is 4.79 Å². The number of aryl methyl sites for hydroxylation is 1. The van der Waals surface area contributed by atoms with Crippen molar-refractivity contribution >= 4 is 17.2 Å². The number of aromatic nitrogens is 1. The van der Waals surface area contributed by atoms with E-state index in [0.717, 1.165) is 10.4 Å². The molecule has 1 unspecified atom stereocenters. The van der Waals surface area contributed by atoms with Crippen LogP contribution in [0, 0.1) is 6.92 Å². The molecule has 5 nitrogen and oxygen atoms in total. The van der Waals surface area contributed by atoms with Gasteiger partial charge in [0.2, 0.25) is 11.8 Å². The topological polar surface area (TPSA) is 81.2 Å². The van der Waals surface area contributed by atoms with Crippen molar-refractivity contribution in [3.63, 3.8) is 0 Å². The van der Waals surface area contributed by atoms with Gasteiger partial charge in [-0.2, -0.15) is 0 Å². The number of carbonyl (C=O) groups is 1. The Balaban J connectivity index is 1.55. The molecule has 3 N–H and O–H groups in total. The van der Waals surface area contributed by atoms with Gasteiger partial charge in [-0.05, 0) is 35.4 Å². The largest absolute Gasteiger partial charge is 0.440 e. The first-order valence-electron chi connectivity index (χ1n) is 9.06. The number of amides is 1. The van der Waals surface area contributed by atoms with Crippen LogP contribution in [0.4, 0.5) is 0 Å². The Bertz CT molecular complexity index is 883. The van der Waals surface area contributed by atoms with Crippen molar-refractivity contribution in [2.24, 2.45) is 5.73 Å². The maximum Gasteiger partial charge on any atom is 0.236 e. The number of oxazole rings is 1. The zero-order valence-electron chi connectivity index (χ0n) is 15.9. The van der Waals surface area contributed by atoms with Gasteiger partial charge in [0.25, 0.3) is 0 Å². The van der Waals surface area contributed by atoms with Crippen LogP contribution in [0.25, 0.3) is 10.8 Å². The predicted molar refractivity (Wildman–Crippen MR) is 109 cm³/mol. The van der Waals surface area contributed by atoms with Crippen molar-refractivity contribution < 1.29 is 9.21 Å². The van der Waals surface area contributed by atoms with Crippen molar-refractivity contribution in [1.82, 2.24) is 10.3 Å². The molecule has 27 heavy (non-hydrogen) atoms. The number of rotatable bonds is 7. The Morgan fingerprint density at radius 1 is 1.22 bits per heavy atom. The maximum atomic E-state index is 12.3. The Labute approximate surface area is 163 Å². The summed E-state index contributed by atoms with van der Waals surface area (Å²) in [4.78, 5) is 17.7. The summed E-state index contributed by atoms with van der Waals surface area (Å²) in [7, 11) is 0. The molecule has 0 aliphatic rings. The van der Waals surface area contributed by atoms with E-state index in [9.17, 15) is 4.79 Å². The lowest BCUT2D eigenvalue weighted by Gasteiger charge is -2.14. The summed E-state index contributed by atoms with van der Waals surface area (Å²) in [5.74, 6) is 1.60. The predicted octanol–water partition coefficient (Wildman–Crippen LogP) is 4.19. The Kier molecular flexibility index (Phi) is 6.08.